The Morgan fingerprint density at radius 3 is 2.92 bits per heavy atom. The lowest BCUT2D eigenvalue weighted by Crippen LogP contribution is -2.39. The normalized spacial score (nSPS) is 10.0. The van der Waals surface area contributed by atoms with Crippen LogP contribution >= 0.6 is 11.3 Å². The second kappa shape index (κ2) is 8.27. The molecule has 0 fully saturated rings. The van der Waals surface area contributed by atoms with Gasteiger partial charge in [0.15, 0.2) is 0 Å². The average Bonchev–Trinajstić information content (AvgIpc) is 2.90. The lowest BCUT2D eigenvalue weighted by atomic mass is 10.1. The van der Waals surface area contributed by atoms with E-state index in [0.29, 0.717) is 25.2 Å². The number of nitriles is 1. The first-order chi connectivity index (χ1) is 11.5. The van der Waals surface area contributed by atoms with Gasteiger partial charge in [0.25, 0.3) is 0 Å². The molecular formula is C18H20N4OS. The molecule has 0 saturated carbocycles. The third-order valence-corrected chi connectivity index (χ3v) is 4.54. The Bertz CT molecular complexity index is 776. The van der Waals surface area contributed by atoms with Gasteiger partial charge in [-0.05, 0) is 31.5 Å². The number of benzene rings is 1. The third-order valence-electron chi connectivity index (χ3n) is 3.47. The van der Waals surface area contributed by atoms with E-state index in [4.69, 9.17) is 5.26 Å². The number of urea groups is 1. The Morgan fingerprint density at radius 1 is 1.50 bits per heavy atom. The zero-order valence-corrected chi connectivity index (χ0v) is 14.7. The van der Waals surface area contributed by atoms with Gasteiger partial charge in [-0.25, -0.2) is 9.78 Å². The number of aromatic nitrogens is 1. The summed E-state index contributed by atoms with van der Waals surface area (Å²) in [4.78, 5) is 19.6. The van der Waals surface area contributed by atoms with Gasteiger partial charge >= 0.3 is 6.03 Å². The highest BCUT2D eigenvalue weighted by molar-refractivity contribution is 7.11. The molecule has 0 saturated heterocycles. The summed E-state index contributed by atoms with van der Waals surface area (Å²) in [6.07, 6.45) is 1.69. The molecule has 0 radical (unpaired) electrons. The van der Waals surface area contributed by atoms with Crippen molar-refractivity contribution in [3.05, 3.63) is 63.6 Å². The van der Waals surface area contributed by atoms with Crippen LogP contribution in [-0.2, 0) is 13.1 Å². The summed E-state index contributed by atoms with van der Waals surface area (Å²) >= 11 is 1.59. The fraction of sp³-hybridized carbons (Fsp3) is 0.278. The molecule has 2 amide bonds. The van der Waals surface area contributed by atoms with Crippen LogP contribution in [-0.4, -0.2) is 22.5 Å². The van der Waals surface area contributed by atoms with Crippen LogP contribution in [0.1, 0.15) is 26.7 Å². The molecule has 5 nitrogen and oxygen atoms in total. The number of carbonyl (C=O) groups excluding carboxylic acids is 1. The first kappa shape index (κ1) is 17.7. The molecule has 1 aromatic carbocycles. The maximum absolute atomic E-state index is 12.5. The van der Waals surface area contributed by atoms with Crippen LogP contribution in [0.5, 0.6) is 0 Å². The molecule has 6 heteroatoms. The first-order valence-corrected chi connectivity index (χ1v) is 8.40. The van der Waals surface area contributed by atoms with Gasteiger partial charge in [0.2, 0.25) is 0 Å². The molecule has 2 rings (SSSR count). The number of amides is 2. The highest BCUT2D eigenvalue weighted by atomic mass is 32.1. The van der Waals surface area contributed by atoms with E-state index in [1.165, 1.54) is 0 Å². The molecule has 0 aliphatic carbocycles. The Kier molecular flexibility index (Phi) is 6.10. The predicted octanol–water partition coefficient (Wildman–Crippen LogP) is 3.53. The van der Waals surface area contributed by atoms with E-state index < -0.39 is 0 Å². The molecular weight excluding hydrogens is 320 g/mol. The monoisotopic (exact) mass is 340 g/mol. The molecule has 24 heavy (non-hydrogen) atoms. The molecule has 0 aliphatic heterocycles. The van der Waals surface area contributed by atoms with Crippen LogP contribution in [0.2, 0.25) is 0 Å². The number of rotatable bonds is 6. The van der Waals surface area contributed by atoms with Crippen molar-refractivity contribution in [1.29, 1.82) is 5.26 Å². The molecule has 124 valence electrons. The van der Waals surface area contributed by atoms with Crippen molar-refractivity contribution < 1.29 is 4.79 Å². The predicted molar refractivity (Wildman–Crippen MR) is 95.6 cm³/mol. The van der Waals surface area contributed by atoms with E-state index in [1.807, 2.05) is 26.0 Å². The van der Waals surface area contributed by atoms with Crippen LogP contribution in [0, 0.1) is 25.2 Å². The summed E-state index contributed by atoms with van der Waals surface area (Å²) in [5.41, 5.74) is 2.45. The lowest BCUT2D eigenvalue weighted by Gasteiger charge is -2.21. The van der Waals surface area contributed by atoms with E-state index in [9.17, 15) is 4.79 Å². The molecule has 1 heterocycles. The number of nitrogens with one attached hydrogen (secondary N) is 1. The quantitative estimate of drug-likeness (QED) is 0.818. The minimum absolute atomic E-state index is 0.164. The fourth-order valence-electron chi connectivity index (χ4n) is 2.34. The number of nitrogens with zero attached hydrogens (tertiary/aromatic N) is 3. The van der Waals surface area contributed by atoms with Crippen LogP contribution in [0.3, 0.4) is 0 Å². The highest BCUT2D eigenvalue weighted by Gasteiger charge is 2.14. The van der Waals surface area contributed by atoms with Crippen molar-refractivity contribution >= 4 is 17.4 Å². The van der Waals surface area contributed by atoms with Gasteiger partial charge in [0.1, 0.15) is 0 Å². The van der Waals surface area contributed by atoms with Crippen molar-refractivity contribution in [1.82, 2.24) is 15.2 Å². The fourth-order valence-corrected chi connectivity index (χ4v) is 3.22. The van der Waals surface area contributed by atoms with Gasteiger partial charge in [-0.3, -0.25) is 0 Å². The number of hydrogen-bond donors (Lipinski definition) is 1. The molecule has 0 spiro atoms. The summed E-state index contributed by atoms with van der Waals surface area (Å²) in [7, 11) is 0. The zero-order chi connectivity index (χ0) is 17.5. The van der Waals surface area contributed by atoms with Gasteiger partial charge in [0.05, 0.1) is 28.9 Å². The first-order valence-electron chi connectivity index (χ1n) is 7.59. The van der Waals surface area contributed by atoms with Crippen molar-refractivity contribution in [2.75, 3.05) is 6.54 Å². The topological polar surface area (TPSA) is 69.0 Å². The average molecular weight is 340 g/mol. The minimum Gasteiger partial charge on any atom is -0.333 e. The second-order valence-electron chi connectivity index (χ2n) is 5.38. The van der Waals surface area contributed by atoms with Crippen LogP contribution < -0.4 is 5.32 Å². The molecule has 2 aromatic rings. The van der Waals surface area contributed by atoms with E-state index in [-0.39, 0.29) is 6.03 Å². The van der Waals surface area contributed by atoms with E-state index in [0.717, 1.165) is 21.1 Å². The van der Waals surface area contributed by atoms with Crippen molar-refractivity contribution in [3.8, 4) is 6.07 Å². The van der Waals surface area contributed by atoms with E-state index in [1.54, 1.807) is 34.4 Å². The number of aryl methyl sites for hydroxylation is 2. The van der Waals surface area contributed by atoms with Gasteiger partial charge in [0, 0.05) is 18.0 Å². The minimum atomic E-state index is -0.164. The Morgan fingerprint density at radius 2 is 2.29 bits per heavy atom. The second-order valence-corrected chi connectivity index (χ2v) is 6.67. The van der Waals surface area contributed by atoms with Crippen LogP contribution in [0.4, 0.5) is 4.79 Å². The zero-order valence-electron chi connectivity index (χ0n) is 13.9. The standard InChI is InChI=1S/C18H20N4OS/c1-4-8-22(12-16-7-5-6-15(9-16)10-19)18(23)20-11-17-13(2)21-14(3)24-17/h4-7,9H,1,8,11-12H2,2-3H3,(H,20,23). The summed E-state index contributed by atoms with van der Waals surface area (Å²) in [5, 5.41) is 12.9. The molecule has 1 N–H and O–H groups in total. The Hall–Kier alpha value is -2.65. The summed E-state index contributed by atoms with van der Waals surface area (Å²) in [6, 6.07) is 9.21. The van der Waals surface area contributed by atoms with E-state index >= 15 is 0 Å². The van der Waals surface area contributed by atoms with Crippen molar-refractivity contribution in [3.63, 3.8) is 0 Å². The lowest BCUT2D eigenvalue weighted by molar-refractivity contribution is 0.200. The van der Waals surface area contributed by atoms with Crippen molar-refractivity contribution in [2.45, 2.75) is 26.9 Å². The van der Waals surface area contributed by atoms with E-state index in [2.05, 4.69) is 22.9 Å². The van der Waals surface area contributed by atoms with Gasteiger partial charge in [-0.2, -0.15) is 5.26 Å². The van der Waals surface area contributed by atoms with Crippen LogP contribution in [0.25, 0.3) is 0 Å². The third kappa shape index (κ3) is 4.67. The maximum atomic E-state index is 12.5. The Balaban J connectivity index is 2.03. The summed E-state index contributed by atoms with van der Waals surface area (Å²) in [5.74, 6) is 0. The van der Waals surface area contributed by atoms with Crippen molar-refractivity contribution in [2.24, 2.45) is 0 Å². The smallest absolute Gasteiger partial charge is 0.318 e. The highest BCUT2D eigenvalue weighted by Crippen LogP contribution is 2.17. The number of hydrogen-bond acceptors (Lipinski definition) is 4. The largest absolute Gasteiger partial charge is 0.333 e. The Labute approximate surface area is 146 Å². The van der Waals surface area contributed by atoms with Gasteiger partial charge in [-0.1, -0.05) is 18.2 Å². The molecule has 1 aromatic heterocycles. The maximum Gasteiger partial charge on any atom is 0.318 e. The van der Waals surface area contributed by atoms with Gasteiger partial charge in [-0.15, -0.1) is 17.9 Å². The molecule has 0 unspecified atom stereocenters. The number of thiazole rings is 1. The molecule has 0 atom stereocenters. The van der Waals surface area contributed by atoms with Crippen LogP contribution in [0.15, 0.2) is 36.9 Å². The summed E-state index contributed by atoms with van der Waals surface area (Å²) in [6.45, 7) is 8.93. The number of carbonyl (C=O) groups is 1. The van der Waals surface area contributed by atoms with Gasteiger partial charge < -0.3 is 10.2 Å². The summed E-state index contributed by atoms with van der Waals surface area (Å²) < 4.78 is 0. The molecule has 0 aliphatic rings. The molecule has 0 bridgehead atoms. The SMILES string of the molecule is C=CCN(Cc1cccc(C#N)c1)C(=O)NCc1sc(C)nc1C.